The van der Waals surface area contributed by atoms with Crippen LogP contribution in [0.4, 0.5) is 0 Å². The van der Waals surface area contributed by atoms with Gasteiger partial charge in [0.05, 0.1) is 13.2 Å². The van der Waals surface area contributed by atoms with E-state index in [4.69, 9.17) is 4.74 Å². The number of ether oxygens (including phenoxy) is 1. The van der Waals surface area contributed by atoms with Crippen molar-refractivity contribution < 1.29 is 9.84 Å². The normalized spacial score (nSPS) is 24.6. The van der Waals surface area contributed by atoms with Crippen LogP contribution in [0.2, 0.25) is 0 Å². The molecule has 0 saturated carbocycles. The first-order chi connectivity index (χ1) is 8.99. The molecule has 2 N–H and O–H groups in total. The lowest BCUT2D eigenvalue weighted by Gasteiger charge is -2.42. The van der Waals surface area contributed by atoms with Crippen LogP contribution in [0.15, 0.2) is 0 Å². The number of nitrogens with one attached hydrogen (secondary N) is 1. The highest BCUT2D eigenvalue weighted by Gasteiger charge is 2.35. The summed E-state index contributed by atoms with van der Waals surface area (Å²) in [5, 5.41) is 12.8. The molecule has 0 aromatic rings. The summed E-state index contributed by atoms with van der Waals surface area (Å²) >= 11 is 0. The van der Waals surface area contributed by atoms with Gasteiger partial charge in [0.1, 0.15) is 0 Å². The Bertz CT molecular complexity index is 238. The maximum Gasteiger partial charge on any atom is 0.0558 e. The van der Waals surface area contributed by atoms with Crippen LogP contribution >= 0.6 is 0 Å². The number of nitrogens with zero attached hydrogens (tertiary/aromatic N) is 1. The van der Waals surface area contributed by atoms with E-state index in [1.54, 1.807) is 0 Å². The number of hydrogen-bond acceptors (Lipinski definition) is 4. The third-order valence-corrected chi connectivity index (χ3v) is 3.95. The van der Waals surface area contributed by atoms with Crippen molar-refractivity contribution in [3.63, 3.8) is 0 Å². The smallest absolute Gasteiger partial charge is 0.0558 e. The molecule has 4 heteroatoms. The molecule has 4 nitrogen and oxygen atoms in total. The highest BCUT2D eigenvalue weighted by molar-refractivity contribution is 4.88. The highest BCUT2D eigenvalue weighted by atomic mass is 16.5. The van der Waals surface area contributed by atoms with E-state index in [0.717, 1.165) is 39.3 Å². The van der Waals surface area contributed by atoms with Gasteiger partial charge in [0.25, 0.3) is 0 Å². The fourth-order valence-electron chi connectivity index (χ4n) is 2.73. The minimum Gasteiger partial charge on any atom is -0.395 e. The van der Waals surface area contributed by atoms with Crippen LogP contribution in [0.1, 0.15) is 40.5 Å². The van der Waals surface area contributed by atoms with Gasteiger partial charge in [-0.2, -0.15) is 0 Å². The topological polar surface area (TPSA) is 44.7 Å². The Labute approximate surface area is 118 Å². The molecular weight excluding hydrogens is 240 g/mol. The molecule has 1 aliphatic rings. The fourth-order valence-corrected chi connectivity index (χ4v) is 2.73. The van der Waals surface area contributed by atoms with E-state index >= 15 is 0 Å². The standard InChI is InChI=1S/C15H32N2O2/c1-13(2)16-10-15(6-5-9-19-12-15)11-17(7-8-18)14(3)4/h13-14,16,18H,5-12H2,1-4H3. The molecule has 1 unspecified atom stereocenters. The van der Waals surface area contributed by atoms with Crippen molar-refractivity contribution >= 4 is 0 Å². The summed E-state index contributed by atoms with van der Waals surface area (Å²) in [4.78, 5) is 2.37. The van der Waals surface area contributed by atoms with E-state index in [0.29, 0.717) is 12.1 Å². The zero-order chi connectivity index (χ0) is 14.3. The maximum atomic E-state index is 9.23. The minimum atomic E-state index is 0.196. The summed E-state index contributed by atoms with van der Waals surface area (Å²) in [6, 6.07) is 0.967. The van der Waals surface area contributed by atoms with Crippen LogP contribution in [0.3, 0.4) is 0 Å². The SMILES string of the molecule is CC(C)NCC1(CN(CCO)C(C)C)CCCOC1. The third-order valence-electron chi connectivity index (χ3n) is 3.95. The molecule has 0 aliphatic carbocycles. The highest BCUT2D eigenvalue weighted by Crippen LogP contribution is 2.30. The van der Waals surface area contributed by atoms with Crippen LogP contribution in [0, 0.1) is 5.41 Å². The summed E-state index contributed by atoms with van der Waals surface area (Å²) in [6.45, 7) is 13.5. The minimum absolute atomic E-state index is 0.196. The second-order valence-corrected chi connectivity index (χ2v) is 6.48. The van der Waals surface area contributed by atoms with E-state index in [9.17, 15) is 5.11 Å². The Kier molecular flexibility index (Phi) is 7.29. The van der Waals surface area contributed by atoms with E-state index in [2.05, 4.69) is 37.9 Å². The van der Waals surface area contributed by atoms with Crippen LogP contribution in [0.25, 0.3) is 0 Å². The summed E-state index contributed by atoms with van der Waals surface area (Å²) in [5.74, 6) is 0. The van der Waals surface area contributed by atoms with E-state index in [1.807, 2.05) is 0 Å². The van der Waals surface area contributed by atoms with E-state index in [1.165, 1.54) is 6.42 Å². The summed E-state index contributed by atoms with van der Waals surface area (Å²) in [6.07, 6.45) is 2.35. The van der Waals surface area contributed by atoms with Gasteiger partial charge in [0.2, 0.25) is 0 Å². The predicted molar refractivity (Wildman–Crippen MR) is 79.4 cm³/mol. The molecule has 114 valence electrons. The van der Waals surface area contributed by atoms with Gasteiger partial charge in [-0.3, -0.25) is 4.90 Å². The van der Waals surface area contributed by atoms with Gasteiger partial charge in [-0.05, 0) is 26.7 Å². The number of aliphatic hydroxyl groups excluding tert-OH is 1. The largest absolute Gasteiger partial charge is 0.395 e. The maximum absolute atomic E-state index is 9.23. The lowest BCUT2D eigenvalue weighted by atomic mass is 9.81. The van der Waals surface area contributed by atoms with Gasteiger partial charge in [-0.15, -0.1) is 0 Å². The quantitative estimate of drug-likeness (QED) is 0.702. The number of rotatable bonds is 8. The third kappa shape index (κ3) is 5.78. The van der Waals surface area contributed by atoms with Crippen molar-refractivity contribution in [3.8, 4) is 0 Å². The zero-order valence-electron chi connectivity index (χ0n) is 13.1. The predicted octanol–water partition coefficient (Wildman–Crippen LogP) is 1.48. The van der Waals surface area contributed by atoms with Crippen molar-refractivity contribution in [2.24, 2.45) is 5.41 Å². The Morgan fingerprint density at radius 1 is 1.32 bits per heavy atom. The molecule has 0 amide bonds. The molecule has 1 heterocycles. The van der Waals surface area contributed by atoms with Crippen molar-refractivity contribution in [3.05, 3.63) is 0 Å². The van der Waals surface area contributed by atoms with Gasteiger partial charge in [-0.25, -0.2) is 0 Å². The first-order valence-electron chi connectivity index (χ1n) is 7.65. The van der Waals surface area contributed by atoms with Crippen LogP contribution < -0.4 is 5.32 Å². The Morgan fingerprint density at radius 3 is 2.53 bits per heavy atom. The van der Waals surface area contributed by atoms with Crippen LogP contribution in [0.5, 0.6) is 0 Å². The lowest BCUT2D eigenvalue weighted by molar-refractivity contribution is -0.0337. The molecule has 1 saturated heterocycles. The molecule has 19 heavy (non-hydrogen) atoms. The summed E-state index contributed by atoms with van der Waals surface area (Å²) in [7, 11) is 0. The van der Waals surface area contributed by atoms with Gasteiger partial charge in [-0.1, -0.05) is 13.8 Å². The number of hydrogen-bond donors (Lipinski definition) is 2. The molecular formula is C15H32N2O2. The first-order valence-corrected chi connectivity index (χ1v) is 7.65. The lowest BCUT2D eigenvalue weighted by Crippen LogP contribution is -2.52. The molecule has 1 atom stereocenters. The molecule has 1 fully saturated rings. The monoisotopic (exact) mass is 272 g/mol. The molecule has 0 spiro atoms. The van der Waals surface area contributed by atoms with Crippen molar-refractivity contribution in [1.29, 1.82) is 0 Å². The average molecular weight is 272 g/mol. The van der Waals surface area contributed by atoms with Crippen LogP contribution in [-0.4, -0.2) is 61.5 Å². The van der Waals surface area contributed by atoms with E-state index in [-0.39, 0.29) is 12.0 Å². The molecule has 0 aromatic heterocycles. The molecule has 0 aromatic carbocycles. The summed E-state index contributed by atoms with van der Waals surface area (Å²) in [5.41, 5.74) is 0.196. The molecule has 1 rings (SSSR count). The average Bonchev–Trinajstić information content (AvgIpc) is 2.37. The molecule has 0 bridgehead atoms. The summed E-state index contributed by atoms with van der Waals surface area (Å²) < 4.78 is 5.75. The first kappa shape index (κ1) is 16.9. The number of aliphatic hydroxyl groups is 1. The Morgan fingerprint density at radius 2 is 2.05 bits per heavy atom. The van der Waals surface area contributed by atoms with Gasteiger partial charge in [0.15, 0.2) is 0 Å². The molecule has 1 aliphatic heterocycles. The van der Waals surface area contributed by atoms with Crippen molar-refractivity contribution in [2.75, 3.05) is 39.5 Å². The van der Waals surface area contributed by atoms with Crippen LogP contribution in [-0.2, 0) is 4.74 Å². The zero-order valence-corrected chi connectivity index (χ0v) is 13.1. The second kappa shape index (κ2) is 8.20. The van der Waals surface area contributed by atoms with Crippen molar-refractivity contribution in [1.82, 2.24) is 10.2 Å². The fraction of sp³-hybridized carbons (Fsp3) is 1.00. The van der Waals surface area contributed by atoms with E-state index < -0.39 is 0 Å². The van der Waals surface area contributed by atoms with Gasteiger partial charge >= 0.3 is 0 Å². The Hall–Kier alpha value is -0.160. The molecule has 0 radical (unpaired) electrons. The second-order valence-electron chi connectivity index (χ2n) is 6.48. The van der Waals surface area contributed by atoms with Crippen molar-refractivity contribution in [2.45, 2.75) is 52.6 Å². The van der Waals surface area contributed by atoms with Gasteiger partial charge < -0.3 is 15.2 Å². The van der Waals surface area contributed by atoms with Gasteiger partial charge in [0, 0.05) is 43.7 Å². The Balaban J connectivity index is 2.65.